The summed E-state index contributed by atoms with van der Waals surface area (Å²) in [6.07, 6.45) is 4.49. The van der Waals surface area contributed by atoms with E-state index in [0.717, 1.165) is 19.4 Å². The molecule has 1 unspecified atom stereocenters. The van der Waals surface area contributed by atoms with Gasteiger partial charge in [0, 0.05) is 12.6 Å². The number of ether oxygens (including phenoxy) is 1. The maximum absolute atomic E-state index is 12.3. The molecule has 1 heterocycles. The van der Waals surface area contributed by atoms with Gasteiger partial charge in [-0.1, -0.05) is 25.0 Å². The first kappa shape index (κ1) is 14.4. The minimum Gasteiger partial charge on any atom is -0.482 e. The van der Waals surface area contributed by atoms with Crippen molar-refractivity contribution in [2.75, 3.05) is 13.2 Å². The van der Waals surface area contributed by atoms with Gasteiger partial charge in [0.25, 0.3) is 5.91 Å². The standard InChI is InChI=1S/C16H20N2O2/c1-13-7-3-2-6-10-18(13)16(19)12-20-15-9-5-4-8-14(15)11-17/h4-5,8-9,13H,2-3,6-7,10,12H2,1H3. The number of hydrogen-bond acceptors (Lipinski definition) is 3. The predicted octanol–water partition coefficient (Wildman–Crippen LogP) is 2.73. The summed E-state index contributed by atoms with van der Waals surface area (Å²) < 4.78 is 5.52. The Bertz CT molecular complexity index is 507. The summed E-state index contributed by atoms with van der Waals surface area (Å²) >= 11 is 0. The number of para-hydroxylation sites is 1. The van der Waals surface area contributed by atoms with Crippen LogP contribution in [0.4, 0.5) is 0 Å². The van der Waals surface area contributed by atoms with Gasteiger partial charge in [0.1, 0.15) is 11.8 Å². The summed E-state index contributed by atoms with van der Waals surface area (Å²) in [5.41, 5.74) is 0.462. The van der Waals surface area contributed by atoms with Crippen LogP contribution >= 0.6 is 0 Å². The first-order valence-electron chi connectivity index (χ1n) is 7.14. The highest BCUT2D eigenvalue weighted by Crippen LogP contribution is 2.19. The highest BCUT2D eigenvalue weighted by atomic mass is 16.5. The quantitative estimate of drug-likeness (QED) is 0.850. The summed E-state index contributed by atoms with van der Waals surface area (Å²) in [6, 6.07) is 9.34. The third kappa shape index (κ3) is 3.51. The van der Waals surface area contributed by atoms with E-state index >= 15 is 0 Å². The van der Waals surface area contributed by atoms with E-state index in [0.29, 0.717) is 11.3 Å². The lowest BCUT2D eigenvalue weighted by Gasteiger charge is -2.27. The average molecular weight is 272 g/mol. The molecule has 1 aromatic rings. The molecule has 1 aliphatic rings. The van der Waals surface area contributed by atoms with Gasteiger partial charge in [0.05, 0.1) is 5.56 Å². The molecular weight excluding hydrogens is 252 g/mol. The van der Waals surface area contributed by atoms with E-state index in [4.69, 9.17) is 10.00 Å². The van der Waals surface area contributed by atoms with Gasteiger partial charge in [0.2, 0.25) is 0 Å². The number of carbonyl (C=O) groups is 1. The number of nitrogens with zero attached hydrogens (tertiary/aromatic N) is 2. The van der Waals surface area contributed by atoms with Gasteiger partial charge in [-0.3, -0.25) is 4.79 Å². The molecule has 2 rings (SSSR count). The number of amides is 1. The Morgan fingerprint density at radius 3 is 3.00 bits per heavy atom. The van der Waals surface area contributed by atoms with Crippen molar-refractivity contribution in [3.63, 3.8) is 0 Å². The zero-order chi connectivity index (χ0) is 14.4. The maximum atomic E-state index is 12.3. The lowest BCUT2D eigenvalue weighted by molar-refractivity contribution is -0.135. The molecule has 1 aromatic carbocycles. The van der Waals surface area contributed by atoms with Crippen molar-refractivity contribution < 1.29 is 9.53 Å². The van der Waals surface area contributed by atoms with Crippen LogP contribution in [-0.2, 0) is 4.79 Å². The summed E-state index contributed by atoms with van der Waals surface area (Å²) in [6.45, 7) is 2.90. The third-order valence-corrected chi connectivity index (χ3v) is 3.73. The van der Waals surface area contributed by atoms with Crippen LogP contribution in [0.25, 0.3) is 0 Å². The Balaban J connectivity index is 1.96. The van der Waals surface area contributed by atoms with Gasteiger partial charge in [-0.2, -0.15) is 5.26 Å². The van der Waals surface area contributed by atoms with E-state index in [9.17, 15) is 4.79 Å². The molecule has 0 aliphatic carbocycles. The van der Waals surface area contributed by atoms with Crippen LogP contribution in [0.15, 0.2) is 24.3 Å². The Morgan fingerprint density at radius 1 is 1.40 bits per heavy atom. The molecular formula is C16H20N2O2. The van der Waals surface area contributed by atoms with E-state index < -0.39 is 0 Å². The van der Waals surface area contributed by atoms with Crippen molar-refractivity contribution in [3.8, 4) is 11.8 Å². The van der Waals surface area contributed by atoms with E-state index in [1.54, 1.807) is 24.3 Å². The van der Waals surface area contributed by atoms with Crippen LogP contribution < -0.4 is 4.74 Å². The van der Waals surface area contributed by atoms with Crippen molar-refractivity contribution in [2.24, 2.45) is 0 Å². The number of carbonyl (C=O) groups excluding carboxylic acids is 1. The Morgan fingerprint density at radius 2 is 2.20 bits per heavy atom. The van der Waals surface area contributed by atoms with Crippen molar-refractivity contribution in [1.29, 1.82) is 5.26 Å². The molecule has 0 saturated carbocycles. The summed E-state index contributed by atoms with van der Waals surface area (Å²) in [5, 5.41) is 8.99. The van der Waals surface area contributed by atoms with Crippen molar-refractivity contribution in [3.05, 3.63) is 29.8 Å². The van der Waals surface area contributed by atoms with Gasteiger partial charge in [0.15, 0.2) is 6.61 Å². The van der Waals surface area contributed by atoms with E-state index in [1.165, 1.54) is 12.8 Å². The minimum atomic E-state index is 0.00301. The molecule has 0 radical (unpaired) electrons. The second-order valence-electron chi connectivity index (χ2n) is 5.18. The number of likely N-dealkylation sites (tertiary alicyclic amines) is 1. The van der Waals surface area contributed by atoms with Gasteiger partial charge in [-0.15, -0.1) is 0 Å². The van der Waals surface area contributed by atoms with Gasteiger partial charge in [-0.05, 0) is 31.9 Å². The maximum Gasteiger partial charge on any atom is 0.260 e. The molecule has 1 fully saturated rings. The normalized spacial score (nSPS) is 19.0. The van der Waals surface area contributed by atoms with Crippen molar-refractivity contribution >= 4 is 5.91 Å². The molecule has 1 aliphatic heterocycles. The zero-order valence-electron chi connectivity index (χ0n) is 11.8. The monoisotopic (exact) mass is 272 g/mol. The van der Waals surface area contributed by atoms with E-state index in [2.05, 4.69) is 13.0 Å². The molecule has 1 atom stereocenters. The largest absolute Gasteiger partial charge is 0.482 e. The number of benzene rings is 1. The van der Waals surface area contributed by atoms with Gasteiger partial charge in [-0.25, -0.2) is 0 Å². The van der Waals surface area contributed by atoms with Crippen LogP contribution in [0, 0.1) is 11.3 Å². The second kappa shape index (κ2) is 6.95. The lowest BCUT2D eigenvalue weighted by atomic mass is 10.1. The average Bonchev–Trinajstić information content (AvgIpc) is 2.69. The van der Waals surface area contributed by atoms with E-state index in [-0.39, 0.29) is 18.6 Å². The Kier molecular flexibility index (Phi) is 5.00. The molecule has 0 N–H and O–H groups in total. The first-order valence-corrected chi connectivity index (χ1v) is 7.14. The SMILES string of the molecule is CC1CCCCCN1C(=O)COc1ccccc1C#N. The predicted molar refractivity (Wildman–Crippen MR) is 76.3 cm³/mol. The highest BCUT2D eigenvalue weighted by molar-refractivity contribution is 5.78. The molecule has 1 saturated heterocycles. The smallest absolute Gasteiger partial charge is 0.260 e. The molecule has 4 nitrogen and oxygen atoms in total. The van der Waals surface area contributed by atoms with Gasteiger partial charge < -0.3 is 9.64 Å². The summed E-state index contributed by atoms with van der Waals surface area (Å²) in [7, 11) is 0. The second-order valence-corrected chi connectivity index (χ2v) is 5.18. The van der Waals surface area contributed by atoms with Crippen LogP contribution in [0.2, 0.25) is 0 Å². The molecule has 0 bridgehead atoms. The molecule has 4 heteroatoms. The fourth-order valence-corrected chi connectivity index (χ4v) is 2.55. The summed E-state index contributed by atoms with van der Waals surface area (Å²) in [5.74, 6) is 0.484. The molecule has 0 spiro atoms. The lowest BCUT2D eigenvalue weighted by Crippen LogP contribution is -2.41. The molecule has 106 valence electrons. The van der Waals surface area contributed by atoms with E-state index in [1.807, 2.05) is 4.90 Å². The van der Waals surface area contributed by atoms with Crippen LogP contribution in [0.1, 0.15) is 38.2 Å². The van der Waals surface area contributed by atoms with Crippen LogP contribution in [0.3, 0.4) is 0 Å². The molecule has 1 amide bonds. The van der Waals surface area contributed by atoms with Crippen molar-refractivity contribution in [1.82, 2.24) is 4.90 Å². The van der Waals surface area contributed by atoms with Gasteiger partial charge >= 0.3 is 0 Å². The first-order chi connectivity index (χ1) is 9.72. The third-order valence-electron chi connectivity index (χ3n) is 3.73. The summed E-state index contributed by atoms with van der Waals surface area (Å²) in [4.78, 5) is 14.2. The minimum absolute atomic E-state index is 0.00301. The number of hydrogen-bond donors (Lipinski definition) is 0. The number of rotatable bonds is 3. The topological polar surface area (TPSA) is 53.3 Å². The van der Waals surface area contributed by atoms with Crippen LogP contribution in [0.5, 0.6) is 5.75 Å². The zero-order valence-corrected chi connectivity index (χ0v) is 11.8. The van der Waals surface area contributed by atoms with Crippen LogP contribution in [-0.4, -0.2) is 30.0 Å². The molecule has 0 aromatic heterocycles. The molecule has 20 heavy (non-hydrogen) atoms. The fourth-order valence-electron chi connectivity index (χ4n) is 2.55. The van der Waals surface area contributed by atoms with Crippen molar-refractivity contribution in [2.45, 2.75) is 38.6 Å². The number of nitriles is 1. The Hall–Kier alpha value is -2.02. The fraction of sp³-hybridized carbons (Fsp3) is 0.500. The highest BCUT2D eigenvalue weighted by Gasteiger charge is 2.22. The Labute approximate surface area is 120 Å².